The quantitative estimate of drug-likeness (QED) is 0.270. The maximum absolute atomic E-state index is 13.0. The van der Waals surface area contributed by atoms with Gasteiger partial charge >= 0.3 is 10.2 Å². The van der Waals surface area contributed by atoms with Crippen LogP contribution in [0.5, 0.6) is 11.5 Å². The van der Waals surface area contributed by atoms with Gasteiger partial charge in [0.1, 0.15) is 28.7 Å². The second-order valence-electron chi connectivity index (χ2n) is 8.76. The predicted molar refractivity (Wildman–Crippen MR) is 145 cm³/mol. The molecule has 1 aromatic carbocycles. The lowest BCUT2D eigenvalue weighted by Crippen LogP contribution is -2.31. The smallest absolute Gasteiger partial charge is 0.308 e. The Hall–Kier alpha value is -4.56. The number of methoxy groups -OCH3 is 2. The van der Waals surface area contributed by atoms with Crippen LogP contribution in [0.15, 0.2) is 61.3 Å². The molecular formula is C25H27N9O4S. The Kier molecular flexibility index (Phi) is 6.89. The molecule has 0 fully saturated rings. The molecule has 202 valence electrons. The SMILES string of the molecule is COc1cc(OC)cc(N(Cc2nccn2S(=O)(=O)N(C)C)c2ccc3ncc(-c4cnn(C)c4)nc3n2)c1. The van der Waals surface area contributed by atoms with Gasteiger partial charge in [-0.1, -0.05) is 0 Å². The standard InChI is InChI=1S/C25H27N9O4S/c1-31(2)39(35,36)34-9-8-26-24(34)16-33(18-10-19(37-4)12-20(11-18)38-5)23-7-6-21-25(30-23)29-22(14-27-21)17-13-28-32(3)15-17/h6-15H,16H2,1-5H3. The zero-order valence-corrected chi connectivity index (χ0v) is 22.9. The molecule has 0 aliphatic rings. The van der Waals surface area contributed by atoms with E-state index in [9.17, 15) is 8.42 Å². The summed E-state index contributed by atoms with van der Waals surface area (Å²) in [7, 11) is 4.07. The van der Waals surface area contributed by atoms with E-state index < -0.39 is 10.2 Å². The summed E-state index contributed by atoms with van der Waals surface area (Å²) in [4.78, 5) is 20.2. The molecule has 4 aromatic heterocycles. The van der Waals surface area contributed by atoms with Gasteiger partial charge in [0.25, 0.3) is 0 Å². The zero-order chi connectivity index (χ0) is 27.7. The molecule has 14 heteroatoms. The largest absolute Gasteiger partial charge is 0.497 e. The minimum atomic E-state index is -3.81. The van der Waals surface area contributed by atoms with Gasteiger partial charge in [-0.25, -0.2) is 18.9 Å². The Morgan fingerprint density at radius 2 is 1.72 bits per heavy atom. The first kappa shape index (κ1) is 26.1. The Morgan fingerprint density at radius 3 is 2.36 bits per heavy atom. The molecule has 0 N–H and O–H groups in total. The monoisotopic (exact) mass is 549 g/mol. The molecule has 0 saturated heterocycles. The Bertz CT molecular complexity index is 1730. The fourth-order valence-corrected chi connectivity index (χ4v) is 4.88. The molecule has 39 heavy (non-hydrogen) atoms. The molecule has 0 amide bonds. The number of rotatable bonds is 9. The van der Waals surface area contributed by atoms with Crippen LogP contribution in [-0.2, 0) is 23.8 Å². The van der Waals surface area contributed by atoms with Gasteiger partial charge in [-0.3, -0.25) is 9.67 Å². The molecule has 0 bridgehead atoms. The summed E-state index contributed by atoms with van der Waals surface area (Å²) in [6, 6.07) is 8.96. The number of benzene rings is 1. The van der Waals surface area contributed by atoms with E-state index in [4.69, 9.17) is 19.4 Å². The molecule has 4 heterocycles. The molecule has 0 spiro atoms. The molecule has 0 unspecified atom stereocenters. The lowest BCUT2D eigenvalue weighted by Gasteiger charge is -2.25. The molecule has 13 nitrogen and oxygen atoms in total. The Morgan fingerprint density at radius 1 is 0.974 bits per heavy atom. The van der Waals surface area contributed by atoms with Crippen molar-refractivity contribution < 1.29 is 17.9 Å². The summed E-state index contributed by atoms with van der Waals surface area (Å²) in [5.41, 5.74) is 3.10. The van der Waals surface area contributed by atoms with Crippen molar-refractivity contribution in [2.45, 2.75) is 6.54 Å². The Balaban J connectivity index is 1.65. The van der Waals surface area contributed by atoms with Gasteiger partial charge in [0.05, 0.1) is 44.5 Å². The van der Waals surface area contributed by atoms with Crippen molar-refractivity contribution in [3.05, 3.63) is 67.1 Å². The second-order valence-corrected chi connectivity index (χ2v) is 10.8. The third-order valence-corrected chi connectivity index (χ3v) is 7.76. The fraction of sp³-hybridized carbons (Fsp3) is 0.240. The predicted octanol–water partition coefficient (Wildman–Crippen LogP) is 2.63. The van der Waals surface area contributed by atoms with Gasteiger partial charge in [-0.15, -0.1) is 0 Å². The summed E-state index contributed by atoms with van der Waals surface area (Å²) < 4.78 is 40.9. The Labute approximate surface area is 225 Å². The second kappa shape index (κ2) is 10.3. The van der Waals surface area contributed by atoms with Gasteiger partial charge in [0, 0.05) is 63.5 Å². The maximum atomic E-state index is 13.0. The fourth-order valence-electron chi connectivity index (χ4n) is 3.94. The number of imidazole rings is 1. The highest BCUT2D eigenvalue weighted by Gasteiger charge is 2.24. The first-order valence-corrected chi connectivity index (χ1v) is 13.2. The summed E-state index contributed by atoms with van der Waals surface area (Å²) in [6.45, 7) is 0.0601. The third kappa shape index (κ3) is 5.11. The average molecular weight is 550 g/mol. The van der Waals surface area contributed by atoms with Crippen LogP contribution >= 0.6 is 0 Å². The van der Waals surface area contributed by atoms with E-state index in [1.54, 1.807) is 55.6 Å². The number of fused-ring (bicyclic) bond motifs is 1. The topological polar surface area (TPSA) is 133 Å². The van der Waals surface area contributed by atoms with Crippen LogP contribution < -0.4 is 14.4 Å². The van der Waals surface area contributed by atoms with Gasteiger partial charge in [-0.05, 0) is 12.1 Å². The summed E-state index contributed by atoms with van der Waals surface area (Å²) in [5.74, 6) is 1.88. The van der Waals surface area contributed by atoms with Crippen molar-refractivity contribution in [2.75, 3.05) is 33.2 Å². The van der Waals surface area contributed by atoms with Crippen LogP contribution in [0.25, 0.3) is 22.4 Å². The van der Waals surface area contributed by atoms with E-state index in [2.05, 4.69) is 15.1 Å². The number of hydrogen-bond acceptors (Lipinski definition) is 10. The van der Waals surface area contributed by atoms with Crippen LogP contribution in [-0.4, -0.2) is 74.7 Å². The minimum absolute atomic E-state index is 0.0601. The molecule has 0 aliphatic heterocycles. The molecule has 5 aromatic rings. The lowest BCUT2D eigenvalue weighted by atomic mass is 10.2. The normalized spacial score (nSPS) is 11.7. The lowest BCUT2D eigenvalue weighted by molar-refractivity contribution is 0.394. The van der Waals surface area contributed by atoms with E-state index in [0.29, 0.717) is 39.9 Å². The van der Waals surface area contributed by atoms with Crippen LogP contribution in [0.4, 0.5) is 11.5 Å². The van der Waals surface area contributed by atoms with Gasteiger partial charge < -0.3 is 14.4 Å². The first-order valence-electron chi connectivity index (χ1n) is 11.8. The molecular weight excluding hydrogens is 522 g/mol. The highest BCUT2D eigenvalue weighted by molar-refractivity contribution is 7.87. The molecule has 0 radical (unpaired) electrons. The van der Waals surface area contributed by atoms with Crippen LogP contribution in [0.2, 0.25) is 0 Å². The summed E-state index contributed by atoms with van der Waals surface area (Å²) in [5, 5.41) is 4.21. The zero-order valence-electron chi connectivity index (χ0n) is 22.0. The van der Waals surface area contributed by atoms with Gasteiger partial charge in [-0.2, -0.15) is 17.8 Å². The van der Waals surface area contributed by atoms with Crippen molar-refractivity contribution in [2.24, 2.45) is 7.05 Å². The number of ether oxygens (including phenoxy) is 2. The maximum Gasteiger partial charge on any atom is 0.308 e. The van der Waals surface area contributed by atoms with Crippen LogP contribution in [0.1, 0.15) is 5.82 Å². The number of pyridine rings is 1. The van der Waals surface area contributed by atoms with E-state index in [0.717, 1.165) is 13.8 Å². The van der Waals surface area contributed by atoms with Crippen molar-refractivity contribution in [1.29, 1.82) is 0 Å². The number of hydrogen-bond donors (Lipinski definition) is 0. The third-order valence-electron chi connectivity index (χ3n) is 6.01. The van der Waals surface area contributed by atoms with Crippen LogP contribution in [0.3, 0.4) is 0 Å². The highest BCUT2D eigenvalue weighted by atomic mass is 32.2. The van der Waals surface area contributed by atoms with Crippen molar-refractivity contribution in [3.63, 3.8) is 0 Å². The van der Waals surface area contributed by atoms with Gasteiger partial charge in [0.15, 0.2) is 5.65 Å². The number of aryl methyl sites for hydroxylation is 1. The number of aromatic nitrogens is 7. The molecule has 0 aliphatic carbocycles. The van der Waals surface area contributed by atoms with E-state index in [-0.39, 0.29) is 12.4 Å². The van der Waals surface area contributed by atoms with Crippen molar-refractivity contribution in [1.82, 2.24) is 38.0 Å². The molecule has 5 rings (SSSR count). The first-order chi connectivity index (χ1) is 18.7. The molecule has 0 saturated carbocycles. The van der Waals surface area contributed by atoms with E-state index >= 15 is 0 Å². The van der Waals surface area contributed by atoms with Gasteiger partial charge in [0.2, 0.25) is 0 Å². The minimum Gasteiger partial charge on any atom is -0.497 e. The van der Waals surface area contributed by atoms with E-state index in [1.165, 1.54) is 26.5 Å². The summed E-state index contributed by atoms with van der Waals surface area (Å²) >= 11 is 0. The number of anilines is 2. The van der Waals surface area contributed by atoms with Crippen LogP contribution in [0, 0.1) is 0 Å². The summed E-state index contributed by atoms with van der Waals surface area (Å²) in [6.07, 6.45) is 8.09. The molecule has 0 atom stereocenters. The number of nitrogens with zero attached hydrogens (tertiary/aromatic N) is 9. The highest BCUT2D eigenvalue weighted by Crippen LogP contribution is 2.34. The van der Waals surface area contributed by atoms with E-state index in [1.807, 2.05) is 24.2 Å². The van der Waals surface area contributed by atoms with Crippen molar-refractivity contribution >= 4 is 32.9 Å². The average Bonchev–Trinajstić information content (AvgIpc) is 3.60. The van der Waals surface area contributed by atoms with Crippen molar-refractivity contribution in [3.8, 4) is 22.8 Å².